The molecule has 0 atom stereocenters. The van der Waals surface area contributed by atoms with Crippen LogP contribution in [0.2, 0.25) is 0 Å². The number of anilines is 1. The summed E-state index contributed by atoms with van der Waals surface area (Å²) in [5.74, 6) is 0.528. The van der Waals surface area contributed by atoms with Crippen molar-refractivity contribution in [3.05, 3.63) is 29.8 Å². The van der Waals surface area contributed by atoms with Crippen LogP contribution in [0.1, 0.15) is 31.7 Å². The third kappa shape index (κ3) is 3.37. The van der Waals surface area contributed by atoms with Gasteiger partial charge in [0.1, 0.15) is 0 Å². The van der Waals surface area contributed by atoms with E-state index in [4.69, 9.17) is 10.00 Å². The average molecular weight is 272 g/mol. The Bertz CT molecular complexity index is 515. The molecule has 0 spiro atoms. The molecule has 1 fully saturated rings. The second kappa shape index (κ2) is 6.53. The van der Waals surface area contributed by atoms with Crippen molar-refractivity contribution in [2.45, 2.75) is 32.3 Å². The maximum Gasteiger partial charge on any atom is 0.226 e. The van der Waals surface area contributed by atoms with Gasteiger partial charge in [0.2, 0.25) is 5.91 Å². The van der Waals surface area contributed by atoms with Crippen LogP contribution in [0.25, 0.3) is 0 Å². The van der Waals surface area contributed by atoms with E-state index in [9.17, 15) is 4.79 Å². The van der Waals surface area contributed by atoms with E-state index in [2.05, 4.69) is 6.07 Å². The molecule has 0 heterocycles. The number of nitriles is 1. The topological polar surface area (TPSA) is 53.3 Å². The smallest absolute Gasteiger partial charge is 0.226 e. The lowest BCUT2D eigenvalue weighted by molar-refractivity contribution is -0.121. The molecule has 1 aromatic carbocycles. The second-order valence-electron chi connectivity index (χ2n) is 5.23. The fraction of sp³-hybridized carbons (Fsp3) is 0.500. The fourth-order valence-corrected chi connectivity index (χ4v) is 2.52. The molecule has 1 aliphatic rings. The Hall–Kier alpha value is -1.86. The largest absolute Gasteiger partial charge is 0.378 e. The Morgan fingerprint density at radius 3 is 2.90 bits per heavy atom. The fourth-order valence-electron chi connectivity index (χ4n) is 2.52. The van der Waals surface area contributed by atoms with Gasteiger partial charge in [-0.25, -0.2) is 0 Å². The summed E-state index contributed by atoms with van der Waals surface area (Å²) in [4.78, 5) is 13.8. The predicted molar refractivity (Wildman–Crippen MR) is 77.3 cm³/mol. The van der Waals surface area contributed by atoms with Crippen molar-refractivity contribution in [1.29, 1.82) is 5.26 Å². The molecule has 1 amide bonds. The summed E-state index contributed by atoms with van der Waals surface area (Å²) in [6, 6.07) is 9.21. The minimum absolute atomic E-state index is 0.0973. The van der Waals surface area contributed by atoms with Crippen molar-refractivity contribution >= 4 is 11.6 Å². The van der Waals surface area contributed by atoms with E-state index in [0.29, 0.717) is 24.0 Å². The first kappa shape index (κ1) is 14.5. The highest BCUT2D eigenvalue weighted by Gasteiger charge is 2.31. The van der Waals surface area contributed by atoms with Crippen LogP contribution in [0.15, 0.2) is 24.3 Å². The summed E-state index contributed by atoms with van der Waals surface area (Å²) in [6.45, 7) is 2.74. The highest BCUT2D eigenvalue weighted by atomic mass is 16.5. The number of amides is 1. The van der Waals surface area contributed by atoms with Gasteiger partial charge < -0.3 is 9.64 Å². The van der Waals surface area contributed by atoms with Crippen molar-refractivity contribution < 1.29 is 9.53 Å². The van der Waals surface area contributed by atoms with Crippen LogP contribution >= 0.6 is 0 Å². The Morgan fingerprint density at radius 2 is 2.25 bits per heavy atom. The Morgan fingerprint density at radius 1 is 1.50 bits per heavy atom. The maximum atomic E-state index is 12.2. The molecule has 0 bridgehead atoms. The first-order valence-corrected chi connectivity index (χ1v) is 7.02. The SMILES string of the molecule is CCOC1CC(CC(=O)N(C)c2cccc(C#N)c2)C1. The van der Waals surface area contributed by atoms with Gasteiger partial charge >= 0.3 is 0 Å². The van der Waals surface area contributed by atoms with Crippen LogP contribution < -0.4 is 4.90 Å². The molecule has 20 heavy (non-hydrogen) atoms. The summed E-state index contributed by atoms with van der Waals surface area (Å²) in [5.41, 5.74) is 1.34. The molecular formula is C16H20N2O2. The van der Waals surface area contributed by atoms with Crippen molar-refractivity contribution in [2.24, 2.45) is 5.92 Å². The number of carbonyl (C=O) groups excluding carboxylic acids is 1. The van der Waals surface area contributed by atoms with Crippen molar-refractivity contribution in [3.8, 4) is 6.07 Å². The number of hydrogen-bond donors (Lipinski definition) is 0. The van der Waals surface area contributed by atoms with E-state index in [1.54, 1.807) is 30.1 Å². The number of carbonyl (C=O) groups is 1. The van der Waals surface area contributed by atoms with Gasteiger partial charge in [-0.05, 0) is 43.9 Å². The number of ether oxygens (including phenoxy) is 1. The summed E-state index contributed by atoms with van der Waals surface area (Å²) in [7, 11) is 1.76. The molecule has 4 nitrogen and oxygen atoms in total. The van der Waals surface area contributed by atoms with Crippen LogP contribution in [0.5, 0.6) is 0 Å². The third-order valence-electron chi connectivity index (χ3n) is 3.79. The minimum Gasteiger partial charge on any atom is -0.378 e. The summed E-state index contributed by atoms with van der Waals surface area (Å²) >= 11 is 0. The Balaban J connectivity index is 1.88. The molecule has 1 aliphatic carbocycles. The first-order valence-electron chi connectivity index (χ1n) is 7.02. The molecule has 106 valence electrons. The quantitative estimate of drug-likeness (QED) is 0.828. The number of hydrogen-bond acceptors (Lipinski definition) is 3. The van der Waals surface area contributed by atoms with E-state index in [-0.39, 0.29) is 5.91 Å². The van der Waals surface area contributed by atoms with Crippen molar-refractivity contribution in [2.75, 3.05) is 18.6 Å². The van der Waals surface area contributed by atoms with E-state index in [1.165, 1.54) is 0 Å². The number of rotatable bonds is 5. The Labute approximate surface area is 120 Å². The minimum atomic E-state index is 0.0973. The van der Waals surface area contributed by atoms with Gasteiger partial charge in [-0.15, -0.1) is 0 Å². The zero-order chi connectivity index (χ0) is 14.5. The number of nitrogens with zero attached hydrogens (tertiary/aromatic N) is 2. The molecule has 4 heteroatoms. The predicted octanol–water partition coefficient (Wildman–Crippen LogP) is 2.73. The van der Waals surface area contributed by atoms with E-state index in [0.717, 1.165) is 25.1 Å². The summed E-state index contributed by atoms with van der Waals surface area (Å²) < 4.78 is 5.50. The normalized spacial score (nSPS) is 20.9. The first-order chi connectivity index (χ1) is 9.63. The van der Waals surface area contributed by atoms with Gasteiger partial charge in [0.05, 0.1) is 17.7 Å². The molecule has 0 N–H and O–H groups in total. The van der Waals surface area contributed by atoms with Crippen LogP contribution in [0.4, 0.5) is 5.69 Å². The summed E-state index contributed by atoms with van der Waals surface area (Å²) in [6.07, 6.45) is 2.85. The van der Waals surface area contributed by atoms with Crippen LogP contribution in [0.3, 0.4) is 0 Å². The standard InChI is InChI=1S/C16H20N2O2/c1-3-20-15-8-13(9-15)10-16(19)18(2)14-6-4-5-12(7-14)11-17/h4-7,13,15H,3,8-10H2,1-2H3. The van der Waals surface area contributed by atoms with Gasteiger partial charge in [-0.3, -0.25) is 4.79 Å². The monoisotopic (exact) mass is 272 g/mol. The lowest BCUT2D eigenvalue weighted by Crippen LogP contribution is -2.36. The van der Waals surface area contributed by atoms with Crippen LogP contribution in [0, 0.1) is 17.2 Å². The maximum absolute atomic E-state index is 12.2. The van der Waals surface area contributed by atoms with E-state index < -0.39 is 0 Å². The summed E-state index contributed by atoms with van der Waals surface area (Å²) in [5, 5.41) is 8.89. The molecule has 0 unspecified atom stereocenters. The molecular weight excluding hydrogens is 252 g/mol. The molecule has 1 saturated carbocycles. The van der Waals surface area contributed by atoms with Gasteiger partial charge in [0.15, 0.2) is 0 Å². The zero-order valence-corrected chi connectivity index (χ0v) is 12.0. The molecule has 0 radical (unpaired) electrons. The highest BCUT2D eigenvalue weighted by molar-refractivity contribution is 5.93. The number of benzene rings is 1. The lowest BCUT2D eigenvalue weighted by atomic mass is 9.79. The van der Waals surface area contributed by atoms with Gasteiger partial charge in [0.25, 0.3) is 0 Å². The van der Waals surface area contributed by atoms with Crippen molar-refractivity contribution in [3.63, 3.8) is 0 Å². The third-order valence-corrected chi connectivity index (χ3v) is 3.79. The van der Waals surface area contributed by atoms with Crippen molar-refractivity contribution in [1.82, 2.24) is 0 Å². The highest BCUT2D eigenvalue weighted by Crippen LogP contribution is 2.33. The zero-order valence-electron chi connectivity index (χ0n) is 12.0. The average Bonchev–Trinajstić information content (AvgIpc) is 2.44. The molecule has 0 saturated heterocycles. The van der Waals surface area contributed by atoms with E-state index >= 15 is 0 Å². The molecule has 1 aromatic rings. The van der Waals surface area contributed by atoms with E-state index in [1.807, 2.05) is 13.0 Å². The molecule has 0 aromatic heterocycles. The molecule has 0 aliphatic heterocycles. The lowest BCUT2D eigenvalue weighted by Gasteiger charge is -2.35. The van der Waals surface area contributed by atoms with Gasteiger partial charge in [-0.2, -0.15) is 5.26 Å². The second-order valence-corrected chi connectivity index (χ2v) is 5.23. The van der Waals surface area contributed by atoms with Crippen LogP contribution in [-0.2, 0) is 9.53 Å². The Kier molecular flexibility index (Phi) is 4.75. The van der Waals surface area contributed by atoms with Crippen LogP contribution in [-0.4, -0.2) is 25.7 Å². The van der Waals surface area contributed by atoms with Gasteiger partial charge in [0, 0.05) is 25.8 Å². The van der Waals surface area contributed by atoms with Gasteiger partial charge in [-0.1, -0.05) is 6.07 Å². The molecule has 2 rings (SSSR count).